The summed E-state index contributed by atoms with van der Waals surface area (Å²) in [4.78, 5) is 25.2. The Labute approximate surface area is 126 Å². The van der Waals surface area contributed by atoms with Gasteiger partial charge in [0.25, 0.3) is 5.69 Å². The second-order valence-corrected chi connectivity index (χ2v) is 5.64. The van der Waals surface area contributed by atoms with Crippen LogP contribution in [0.5, 0.6) is 0 Å². The van der Waals surface area contributed by atoms with E-state index in [0.717, 1.165) is 0 Å². The summed E-state index contributed by atoms with van der Waals surface area (Å²) >= 11 is 1.64. The van der Waals surface area contributed by atoms with Crippen molar-refractivity contribution in [3.05, 3.63) is 56.8 Å². The monoisotopic (exact) mass is 305 g/mol. The minimum atomic E-state index is -0.488. The van der Waals surface area contributed by atoms with Gasteiger partial charge in [0.05, 0.1) is 11.5 Å². The Balaban J connectivity index is 1.89. The molecule has 6 nitrogen and oxygen atoms in total. The van der Waals surface area contributed by atoms with Crippen LogP contribution in [-0.2, 0) is 11.3 Å². The summed E-state index contributed by atoms with van der Waals surface area (Å²) in [7, 11) is 1.85. The first-order valence-electron chi connectivity index (χ1n) is 6.30. The van der Waals surface area contributed by atoms with Crippen LogP contribution in [0, 0.1) is 10.1 Å². The van der Waals surface area contributed by atoms with Gasteiger partial charge in [-0.1, -0.05) is 12.1 Å². The number of rotatable bonds is 6. The summed E-state index contributed by atoms with van der Waals surface area (Å²) < 4.78 is 0. The quantitative estimate of drug-likeness (QED) is 0.657. The highest BCUT2D eigenvalue weighted by Crippen LogP contribution is 2.17. The number of amides is 1. The second-order valence-electron chi connectivity index (χ2n) is 4.61. The van der Waals surface area contributed by atoms with Gasteiger partial charge in [-0.15, -0.1) is 11.3 Å². The Hall–Kier alpha value is -2.25. The number of nitrogens with zero attached hydrogens (tertiary/aromatic N) is 2. The maximum atomic E-state index is 11.9. The molecule has 1 aromatic carbocycles. The van der Waals surface area contributed by atoms with E-state index in [4.69, 9.17) is 0 Å². The van der Waals surface area contributed by atoms with Crippen LogP contribution in [-0.4, -0.2) is 29.3 Å². The predicted molar refractivity (Wildman–Crippen MR) is 82.4 cm³/mol. The van der Waals surface area contributed by atoms with E-state index in [-0.39, 0.29) is 18.1 Å². The number of nitro benzene ring substituents is 1. The van der Waals surface area contributed by atoms with E-state index in [2.05, 4.69) is 5.32 Å². The third-order valence-corrected chi connectivity index (χ3v) is 3.62. The number of hydrogen-bond acceptors (Lipinski definition) is 5. The fraction of sp³-hybridized carbons (Fsp3) is 0.214. The smallest absolute Gasteiger partial charge is 0.271 e. The van der Waals surface area contributed by atoms with Crippen LogP contribution >= 0.6 is 11.3 Å². The molecule has 0 aliphatic rings. The van der Waals surface area contributed by atoms with E-state index in [9.17, 15) is 14.9 Å². The number of carbonyl (C=O) groups is 1. The van der Waals surface area contributed by atoms with Gasteiger partial charge in [0.1, 0.15) is 0 Å². The normalized spacial score (nSPS) is 10.6. The fourth-order valence-corrected chi connectivity index (χ4v) is 2.65. The van der Waals surface area contributed by atoms with Crippen LogP contribution in [0.1, 0.15) is 4.88 Å². The van der Waals surface area contributed by atoms with Crippen molar-refractivity contribution in [1.29, 1.82) is 0 Å². The molecule has 0 saturated carbocycles. The summed E-state index contributed by atoms with van der Waals surface area (Å²) in [5, 5.41) is 15.3. The van der Waals surface area contributed by atoms with Crippen molar-refractivity contribution < 1.29 is 9.72 Å². The van der Waals surface area contributed by atoms with E-state index >= 15 is 0 Å². The molecule has 7 heteroatoms. The molecule has 0 saturated heterocycles. The number of thiophene rings is 1. The maximum Gasteiger partial charge on any atom is 0.271 e. The van der Waals surface area contributed by atoms with Crippen LogP contribution < -0.4 is 5.32 Å². The first kappa shape index (κ1) is 15.1. The Morgan fingerprint density at radius 1 is 1.38 bits per heavy atom. The number of hydrogen-bond donors (Lipinski definition) is 1. The SMILES string of the molecule is CN(CC(=O)Nc1cccc([N+](=O)[O-])c1)Cc1cccs1. The first-order chi connectivity index (χ1) is 10.0. The predicted octanol–water partition coefficient (Wildman–Crippen LogP) is 2.73. The molecule has 2 aromatic rings. The Kier molecular flexibility index (Phi) is 5.02. The van der Waals surface area contributed by atoms with E-state index in [1.165, 1.54) is 17.0 Å². The van der Waals surface area contributed by atoms with Gasteiger partial charge in [-0.25, -0.2) is 0 Å². The van der Waals surface area contributed by atoms with Gasteiger partial charge in [-0.05, 0) is 24.6 Å². The van der Waals surface area contributed by atoms with Crippen LogP contribution in [0.2, 0.25) is 0 Å². The van der Waals surface area contributed by atoms with Crippen LogP contribution in [0.4, 0.5) is 11.4 Å². The third kappa shape index (κ3) is 4.66. The third-order valence-electron chi connectivity index (χ3n) is 2.76. The Bertz CT molecular complexity index is 628. The molecule has 2 rings (SSSR count). The maximum absolute atomic E-state index is 11.9. The molecule has 0 radical (unpaired) electrons. The van der Waals surface area contributed by atoms with Crippen molar-refractivity contribution >= 4 is 28.6 Å². The lowest BCUT2D eigenvalue weighted by Gasteiger charge is -2.15. The van der Waals surface area contributed by atoms with E-state index in [1.54, 1.807) is 23.5 Å². The van der Waals surface area contributed by atoms with Crippen molar-refractivity contribution in [2.75, 3.05) is 18.9 Å². The summed E-state index contributed by atoms with van der Waals surface area (Å²) in [5.41, 5.74) is 0.387. The van der Waals surface area contributed by atoms with Crippen LogP contribution in [0.3, 0.4) is 0 Å². The van der Waals surface area contributed by atoms with Gasteiger partial charge in [0, 0.05) is 29.2 Å². The molecule has 1 aromatic heterocycles. The van der Waals surface area contributed by atoms with Gasteiger partial charge in [0.2, 0.25) is 5.91 Å². The molecule has 110 valence electrons. The highest BCUT2D eigenvalue weighted by molar-refractivity contribution is 7.09. The van der Waals surface area contributed by atoms with Crippen molar-refractivity contribution in [2.45, 2.75) is 6.54 Å². The summed E-state index contributed by atoms with van der Waals surface area (Å²) in [5.74, 6) is -0.199. The molecule has 1 heterocycles. The number of non-ortho nitro benzene ring substituents is 1. The van der Waals surface area contributed by atoms with Crippen molar-refractivity contribution in [1.82, 2.24) is 4.90 Å². The molecule has 21 heavy (non-hydrogen) atoms. The molecule has 1 amide bonds. The lowest BCUT2D eigenvalue weighted by molar-refractivity contribution is -0.384. The Morgan fingerprint density at radius 3 is 2.86 bits per heavy atom. The zero-order chi connectivity index (χ0) is 15.2. The number of carbonyl (C=O) groups excluding carboxylic acids is 1. The van der Waals surface area contributed by atoms with Crippen molar-refractivity contribution in [3.8, 4) is 0 Å². The molecule has 1 N–H and O–H groups in total. The standard InChI is InChI=1S/C14H15N3O3S/c1-16(9-13-6-3-7-21-13)10-14(18)15-11-4-2-5-12(8-11)17(19)20/h2-8H,9-10H2,1H3,(H,15,18). The zero-order valence-electron chi connectivity index (χ0n) is 11.5. The molecular weight excluding hydrogens is 290 g/mol. The molecular formula is C14H15N3O3S. The average Bonchev–Trinajstić information content (AvgIpc) is 2.91. The average molecular weight is 305 g/mol. The number of nitrogens with one attached hydrogen (secondary N) is 1. The molecule has 0 atom stereocenters. The molecule has 0 aliphatic carbocycles. The van der Waals surface area contributed by atoms with E-state index in [0.29, 0.717) is 12.2 Å². The molecule has 0 spiro atoms. The van der Waals surface area contributed by atoms with Crippen molar-refractivity contribution in [3.63, 3.8) is 0 Å². The van der Waals surface area contributed by atoms with E-state index in [1.807, 2.05) is 29.5 Å². The molecule has 0 bridgehead atoms. The van der Waals surface area contributed by atoms with Gasteiger partial charge in [0.15, 0.2) is 0 Å². The van der Waals surface area contributed by atoms with Crippen molar-refractivity contribution in [2.24, 2.45) is 0 Å². The lowest BCUT2D eigenvalue weighted by atomic mass is 10.3. The molecule has 0 fully saturated rings. The number of anilines is 1. The minimum Gasteiger partial charge on any atom is -0.325 e. The van der Waals surface area contributed by atoms with E-state index < -0.39 is 4.92 Å². The van der Waals surface area contributed by atoms with Gasteiger partial charge in [-0.2, -0.15) is 0 Å². The second kappa shape index (κ2) is 6.96. The van der Waals surface area contributed by atoms with Gasteiger partial charge in [-0.3, -0.25) is 19.8 Å². The molecule has 0 aliphatic heterocycles. The van der Waals surface area contributed by atoms with Gasteiger partial charge >= 0.3 is 0 Å². The highest BCUT2D eigenvalue weighted by atomic mass is 32.1. The fourth-order valence-electron chi connectivity index (χ4n) is 1.87. The highest BCUT2D eigenvalue weighted by Gasteiger charge is 2.10. The summed E-state index contributed by atoms with van der Waals surface area (Å²) in [6, 6.07) is 9.89. The summed E-state index contributed by atoms with van der Waals surface area (Å²) in [6.45, 7) is 0.917. The molecule has 0 unspecified atom stereocenters. The Morgan fingerprint density at radius 2 is 2.19 bits per heavy atom. The minimum absolute atomic E-state index is 0.0419. The topological polar surface area (TPSA) is 75.5 Å². The number of benzene rings is 1. The van der Waals surface area contributed by atoms with Crippen LogP contribution in [0.25, 0.3) is 0 Å². The van der Waals surface area contributed by atoms with Crippen LogP contribution in [0.15, 0.2) is 41.8 Å². The summed E-state index contributed by atoms with van der Waals surface area (Å²) in [6.07, 6.45) is 0. The number of likely N-dealkylation sites (N-methyl/N-ethyl adjacent to an activating group) is 1. The number of nitro groups is 1. The lowest BCUT2D eigenvalue weighted by Crippen LogP contribution is -2.29. The largest absolute Gasteiger partial charge is 0.325 e. The first-order valence-corrected chi connectivity index (χ1v) is 7.18. The zero-order valence-corrected chi connectivity index (χ0v) is 12.3. The van der Waals surface area contributed by atoms with Gasteiger partial charge < -0.3 is 5.32 Å².